The van der Waals surface area contributed by atoms with E-state index in [1.807, 2.05) is 30.3 Å². The number of hydrogen-bond acceptors (Lipinski definition) is 1. The zero-order chi connectivity index (χ0) is 11.8. The molecule has 0 fully saturated rings. The summed E-state index contributed by atoms with van der Waals surface area (Å²) in [5, 5.41) is 0. The van der Waals surface area contributed by atoms with Gasteiger partial charge in [0, 0.05) is 10.0 Å². The van der Waals surface area contributed by atoms with Gasteiger partial charge in [0.2, 0.25) is 0 Å². The van der Waals surface area contributed by atoms with Gasteiger partial charge in [0.15, 0.2) is 0 Å². The molecule has 3 heteroatoms. The predicted octanol–water partition coefficient (Wildman–Crippen LogP) is 4.30. The molecule has 0 aliphatic carbocycles. The molecule has 0 radical (unpaired) electrons. The Hall–Kier alpha value is -1.61. The Morgan fingerprint density at radius 3 is 2.65 bits per heavy atom. The summed E-state index contributed by atoms with van der Waals surface area (Å²) in [5.74, 6) is 0.921. The van der Waals surface area contributed by atoms with Gasteiger partial charge in [0.25, 0.3) is 0 Å². The summed E-state index contributed by atoms with van der Waals surface area (Å²) >= 11 is 3.52. The number of para-hydroxylation sites is 1. The number of nitrogens with one attached hydrogen (secondary N) is 1. The number of aromatic amines is 1. The van der Waals surface area contributed by atoms with E-state index >= 15 is 0 Å². The van der Waals surface area contributed by atoms with Crippen LogP contribution < -0.4 is 0 Å². The van der Waals surface area contributed by atoms with Gasteiger partial charge in [-0.05, 0) is 40.5 Å². The van der Waals surface area contributed by atoms with Crippen molar-refractivity contribution in [2.45, 2.75) is 6.92 Å². The van der Waals surface area contributed by atoms with Crippen molar-refractivity contribution in [1.82, 2.24) is 9.97 Å². The van der Waals surface area contributed by atoms with Gasteiger partial charge in [-0.25, -0.2) is 4.98 Å². The quantitative estimate of drug-likeness (QED) is 0.710. The highest BCUT2D eigenvalue weighted by atomic mass is 79.9. The highest BCUT2D eigenvalue weighted by molar-refractivity contribution is 9.10. The fraction of sp³-hybridized carbons (Fsp3) is 0.0714. The summed E-state index contributed by atoms with van der Waals surface area (Å²) in [7, 11) is 0. The first-order chi connectivity index (χ1) is 8.25. The lowest BCUT2D eigenvalue weighted by Gasteiger charge is -2.00. The van der Waals surface area contributed by atoms with Crippen LogP contribution in [0.2, 0.25) is 0 Å². The molecule has 17 heavy (non-hydrogen) atoms. The third-order valence-corrected chi connectivity index (χ3v) is 3.50. The fourth-order valence-electron chi connectivity index (χ4n) is 1.96. The number of fused-ring (bicyclic) bond motifs is 1. The molecule has 3 rings (SSSR count). The normalized spacial score (nSPS) is 10.9. The third-order valence-electron chi connectivity index (χ3n) is 2.86. The molecule has 0 spiro atoms. The zero-order valence-electron chi connectivity index (χ0n) is 9.37. The van der Waals surface area contributed by atoms with Crippen LogP contribution >= 0.6 is 15.9 Å². The van der Waals surface area contributed by atoms with Gasteiger partial charge in [-0.3, -0.25) is 0 Å². The SMILES string of the molecule is Cc1ccccc1-c1nc2c(Br)cccc2[nH]1. The Labute approximate surface area is 108 Å². The number of imidazole rings is 1. The Morgan fingerprint density at radius 1 is 1.06 bits per heavy atom. The van der Waals surface area contributed by atoms with Crippen molar-refractivity contribution in [3.8, 4) is 11.4 Å². The van der Waals surface area contributed by atoms with Crippen LogP contribution in [0.5, 0.6) is 0 Å². The van der Waals surface area contributed by atoms with Crippen LogP contribution in [0, 0.1) is 6.92 Å². The first-order valence-electron chi connectivity index (χ1n) is 5.46. The highest BCUT2D eigenvalue weighted by Gasteiger charge is 2.08. The molecule has 0 saturated carbocycles. The number of aromatic nitrogens is 2. The number of nitrogens with zero attached hydrogens (tertiary/aromatic N) is 1. The van der Waals surface area contributed by atoms with Crippen LogP contribution in [0.4, 0.5) is 0 Å². The molecule has 1 aromatic heterocycles. The molecular formula is C14H11BrN2. The molecule has 84 valence electrons. The van der Waals surface area contributed by atoms with Crippen molar-refractivity contribution >= 4 is 27.0 Å². The molecule has 2 nitrogen and oxygen atoms in total. The second-order valence-corrected chi connectivity index (χ2v) is 4.89. The average Bonchev–Trinajstić information content (AvgIpc) is 2.75. The van der Waals surface area contributed by atoms with E-state index in [2.05, 4.69) is 45.0 Å². The number of halogens is 1. The number of hydrogen-bond donors (Lipinski definition) is 1. The number of aryl methyl sites for hydroxylation is 1. The molecule has 0 bridgehead atoms. The van der Waals surface area contributed by atoms with Gasteiger partial charge in [-0.1, -0.05) is 30.3 Å². The van der Waals surface area contributed by atoms with Crippen molar-refractivity contribution in [3.05, 3.63) is 52.5 Å². The second-order valence-electron chi connectivity index (χ2n) is 4.04. The molecule has 0 aliphatic rings. The van der Waals surface area contributed by atoms with Crippen LogP contribution in [-0.2, 0) is 0 Å². The summed E-state index contributed by atoms with van der Waals surface area (Å²) in [6, 6.07) is 14.3. The van der Waals surface area contributed by atoms with Crippen LogP contribution in [0.15, 0.2) is 46.9 Å². The van der Waals surface area contributed by atoms with E-state index in [0.717, 1.165) is 26.9 Å². The average molecular weight is 287 g/mol. The van der Waals surface area contributed by atoms with Gasteiger partial charge in [0.1, 0.15) is 11.3 Å². The monoisotopic (exact) mass is 286 g/mol. The smallest absolute Gasteiger partial charge is 0.138 e. The molecule has 0 aliphatic heterocycles. The van der Waals surface area contributed by atoms with Crippen molar-refractivity contribution < 1.29 is 0 Å². The van der Waals surface area contributed by atoms with Gasteiger partial charge in [0.05, 0.1) is 5.52 Å². The minimum absolute atomic E-state index is 0.921. The van der Waals surface area contributed by atoms with Gasteiger partial charge in [-0.2, -0.15) is 0 Å². The molecule has 0 unspecified atom stereocenters. The van der Waals surface area contributed by atoms with Crippen molar-refractivity contribution in [3.63, 3.8) is 0 Å². The molecule has 1 N–H and O–H groups in total. The molecule has 2 aromatic carbocycles. The molecule has 3 aromatic rings. The largest absolute Gasteiger partial charge is 0.338 e. The van der Waals surface area contributed by atoms with Crippen LogP contribution in [0.25, 0.3) is 22.4 Å². The summed E-state index contributed by atoms with van der Waals surface area (Å²) in [6.07, 6.45) is 0. The molecule has 0 amide bonds. The lowest BCUT2D eigenvalue weighted by Crippen LogP contribution is -1.83. The summed E-state index contributed by atoms with van der Waals surface area (Å²) in [5.41, 5.74) is 4.40. The van der Waals surface area contributed by atoms with E-state index in [9.17, 15) is 0 Å². The van der Waals surface area contributed by atoms with E-state index in [1.54, 1.807) is 0 Å². The minimum Gasteiger partial charge on any atom is -0.338 e. The second kappa shape index (κ2) is 4.00. The summed E-state index contributed by atoms with van der Waals surface area (Å²) in [6.45, 7) is 2.09. The van der Waals surface area contributed by atoms with Crippen LogP contribution in [0.3, 0.4) is 0 Å². The Kier molecular flexibility index (Phi) is 2.48. The maximum atomic E-state index is 4.64. The summed E-state index contributed by atoms with van der Waals surface area (Å²) < 4.78 is 1.02. The van der Waals surface area contributed by atoms with E-state index in [-0.39, 0.29) is 0 Å². The third kappa shape index (κ3) is 1.76. The van der Waals surface area contributed by atoms with E-state index in [0.29, 0.717) is 0 Å². The fourth-order valence-corrected chi connectivity index (χ4v) is 2.42. The Bertz CT molecular complexity index is 686. The van der Waals surface area contributed by atoms with Crippen molar-refractivity contribution in [2.24, 2.45) is 0 Å². The summed E-state index contributed by atoms with van der Waals surface area (Å²) in [4.78, 5) is 7.99. The van der Waals surface area contributed by atoms with Gasteiger partial charge < -0.3 is 4.98 Å². The Morgan fingerprint density at radius 2 is 1.88 bits per heavy atom. The lowest BCUT2D eigenvalue weighted by molar-refractivity contribution is 1.31. The van der Waals surface area contributed by atoms with Gasteiger partial charge >= 0.3 is 0 Å². The zero-order valence-corrected chi connectivity index (χ0v) is 11.0. The topological polar surface area (TPSA) is 28.7 Å². The van der Waals surface area contributed by atoms with Crippen LogP contribution in [0.1, 0.15) is 5.56 Å². The number of benzene rings is 2. The lowest BCUT2D eigenvalue weighted by atomic mass is 10.1. The molecule has 1 heterocycles. The predicted molar refractivity (Wildman–Crippen MR) is 74.0 cm³/mol. The van der Waals surface area contributed by atoms with E-state index in [1.165, 1.54) is 5.56 Å². The number of rotatable bonds is 1. The van der Waals surface area contributed by atoms with E-state index < -0.39 is 0 Å². The molecular weight excluding hydrogens is 276 g/mol. The van der Waals surface area contributed by atoms with Crippen LogP contribution in [-0.4, -0.2) is 9.97 Å². The first-order valence-corrected chi connectivity index (χ1v) is 6.25. The highest BCUT2D eigenvalue weighted by Crippen LogP contribution is 2.27. The minimum atomic E-state index is 0.921. The van der Waals surface area contributed by atoms with Gasteiger partial charge in [-0.15, -0.1) is 0 Å². The maximum absolute atomic E-state index is 4.64. The molecule has 0 saturated heterocycles. The van der Waals surface area contributed by atoms with E-state index in [4.69, 9.17) is 0 Å². The number of H-pyrrole nitrogens is 1. The first kappa shape index (κ1) is 10.5. The van der Waals surface area contributed by atoms with Crippen molar-refractivity contribution in [2.75, 3.05) is 0 Å². The Balaban J connectivity index is 2.26. The standard InChI is InChI=1S/C14H11BrN2/c1-9-5-2-3-6-10(9)14-16-12-8-4-7-11(15)13(12)17-14/h2-8H,1H3,(H,16,17). The maximum Gasteiger partial charge on any atom is 0.138 e. The van der Waals surface area contributed by atoms with Crippen molar-refractivity contribution in [1.29, 1.82) is 0 Å². The molecule has 0 atom stereocenters.